The predicted molar refractivity (Wildman–Crippen MR) is 290 cm³/mol. The molecular weight excluding hydrogens is 793 g/mol. The number of thiophene rings is 1. The largest absolute Gasteiger partial charge is 0.311 e. The van der Waals surface area contributed by atoms with Crippen molar-refractivity contribution in [1.82, 2.24) is 0 Å². The Labute approximate surface area is 386 Å². The number of hydrogen-bond donors (Lipinski definition) is 0. The average molecular weight is 853 g/mol. The molecule has 0 fully saturated rings. The number of hydrogen-bond acceptors (Lipinski definition) is 3. The number of nitrogens with zero attached hydrogens (tertiary/aromatic N) is 2. The van der Waals surface area contributed by atoms with Gasteiger partial charge in [0.05, 0.1) is 5.69 Å². The molecule has 6 aromatic carbocycles. The highest BCUT2D eigenvalue weighted by molar-refractivity contribution is 7.25. The summed E-state index contributed by atoms with van der Waals surface area (Å²) in [6, 6.07) is 44.1. The van der Waals surface area contributed by atoms with Crippen molar-refractivity contribution in [2.75, 3.05) is 9.80 Å². The number of benzene rings is 6. The Kier molecular flexibility index (Phi) is 16.1. The van der Waals surface area contributed by atoms with Gasteiger partial charge in [-0.25, -0.2) is 0 Å². The van der Waals surface area contributed by atoms with Crippen LogP contribution in [0.5, 0.6) is 0 Å². The molecule has 0 radical (unpaired) electrons. The Hall–Kier alpha value is -7.20. The van der Waals surface area contributed by atoms with E-state index in [2.05, 4.69) is 194 Å². The molecule has 0 bridgehead atoms. The van der Waals surface area contributed by atoms with E-state index < -0.39 is 0 Å². The molecule has 0 atom stereocenters. The van der Waals surface area contributed by atoms with E-state index >= 15 is 0 Å². The van der Waals surface area contributed by atoms with Gasteiger partial charge in [-0.1, -0.05) is 176 Å². The van der Waals surface area contributed by atoms with Crippen LogP contribution >= 0.6 is 11.3 Å². The molecule has 1 heterocycles. The summed E-state index contributed by atoms with van der Waals surface area (Å²) in [6.07, 6.45) is 24.4. The average Bonchev–Trinajstić information content (AvgIpc) is 3.73. The SMILES string of the molecule is C=C/C=C(\C=C)N(c1cc(-c2cccc(-c3ccc4c(c3)sc3ccccc34)c2)cc(N(C2=CCCC=C2)c2ccccc2)c1)c1cc(/C=C\C)c(C=C)c(C=C)c1C=C.CC.CC. The van der Waals surface area contributed by atoms with Crippen molar-refractivity contribution in [3.63, 3.8) is 0 Å². The topological polar surface area (TPSA) is 6.48 Å². The summed E-state index contributed by atoms with van der Waals surface area (Å²) < 4.78 is 2.59. The molecule has 0 N–H and O–H groups in total. The highest BCUT2D eigenvalue weighted by Crippen LogP contribution is 2.45. The summed E-state index contributed by atoms with van der Waals surface area (Å²) in [6.45, 7) is 31.2. The van der Waals surface area contributed by atoms with Crippen molar-refractivity contribution < 1.29 is 0 Å². The lowest BCUT2D eigenvalue weighted by Gasteiger charge is -2.33. The van der Waals surface area contributed by atoms with Gasteiger partial charge in [0.25, 0.3) is 0 Å². The molecule has 1 aliphatic carbocycles. The first-order valence-electron chi connectivity index (χ1n) is 22.4. The predicted octanol–water partition coefficient (Wildman–Crippen LogP) is 19.2. The van der Waals surface area contributed by atoms with Crippen LogP contribution in [0.2, 0.25) is 0 Å². The van der Waals surface area contributed by atoms with Crippen molar-refractivity contribution in [2.24, 2.45) is 0 Å². The van der Waals surface area contributed by atoms with Crippen LogP contribution in [0.4, 0.5) is 22.7 Å². The van der Waals surface area contributed by atoms with E-state index in [1.165, 1.54) is 25.7 Å². The first-order chi connectivity index (χ1) is 31.5. The lowest BCUT2D eigenvalue weighted by Crippen LogP contribution is -2.20. The van der Waals surface area contributed by atoms with Gasteiger partial charge in [0.1, 0.15) is 0 Å². The Balaban J connectivity index is 0.00000165. The molecule has 0 aliphatic heterocycles. The van der Waals surface area contributed by atoms with E-state index in [4.69, 9.17) is 0 Å². The summed E-state index contributed by atoms with van der Waals surface area (Å²) in [5, 5.41) is 2.60. The lowest BCUT2D eigenvalue weighted by molar-refractivity contribution is 0.997. The normalized spacial score (nSPS) is 12.1. The zero-order valence-corrected chi connectivity index (χ0v) is 39.0. The van der Waals surface area contributed by atoms with Gasteiger partial charge in [0, 0.05) is 54.2 Å². The van der Waals surface area contributed by atoms with E-state index in [9.17, 15) is 0 Å². The van der Waals surface area contributed by atoms with Crippen LogP contribution in [0.3, 0.4) is 0 Å². The smallest absolute Gasteiger partial charge is 0.0546 e. The summed E-state index contributed by atoms with van der Waals surface area (Å²) in [5.74, 6) is 0. The molecule has 7 aromatic rings. The van der Waals surface area contributed by atoms with E-state index in [1.54, 1.807) is 0 Å². The molecule has 320 valence electrons. The Morgan fingerprint density at radius 3 is 1.92 bits per heavy atom. The van der Waals surface area contributed by atoms with Gasteiger partial charge in [-0.2, -0.15) is 0 Å². The third kappa shape index (κ3) is 9.56. The van der Waals surface area contributed by atoms with Crippen LogP contribution < -0.4 is 9.80 Å². The Morgan fingerprint density at radius 2 is 1.25 bits per heavy atom. The highest BCUT2D eigenvalue weighted by atomic mass is 32.1. The Bertz CT molecular complexity index is 2930. The van der Waals surface area contributed by atoms with Gasteiger partial charge in [-0.3, -0.25) is 0 Å². The van der Waals surface area contributed by atoms with Crippen molar-refractivity contribution in [3.05, 3.63) is 230 Å². The van der Waals surface area contributed by atoms with Crippen LogP contribution in [0.1, 0.15) is 69.7 Å². The monoisotopic (exact) mass is 852 g/mol. The molecule has 0 amide bonds. The fraction of sp³-hybridized carbons (Fsp3) is 0.115. The second-order valence-corrected chi connectivity index (χ2v) is 15.7. The summed E-state index contributed by atoms with van der Waals surface area (Å²) in [7, 11) is 0. The number of rotatable bonds is 14. The number of anilines is 4. The van der Waals surface area contributed by atoms with Crippen LogP contribution in [0.15, 0.2) is 208 Å². The maximum absolute atomic E-state index is 4.33. The third-order valence-corrected chi connectivity index (χ3v) is 12.1. The lowest BCUT2D eigenvalue weighted by atomic mass is 9.92. The molecule has 2 nitrogen and oxygen atoms in total. The van der Waals surface area contributed by atoms with Gasteiger partial charge in [-0.05, 0) is 132 Å². The zero-order chi connectivity index (χ0) is 45.6. The Morgan fingerprint density at radius 1 is 0.578 bits per heavy atom. The van der Waals surface area contributed by atoms with Crippen LogP contribution in [-0.2, 0) is 0 Å². The first-order valence-corrected chi connectivity index (χ1v) is 23.2. The molecule has 1 aromatic heterocycles. The van der Waals surface area contributed by atoms with Gasteiger partial charge >= 0.3 is 0 Å². The van der Waals surface area contributed by atoms with Crippen LogP contribution in [0, 0.1) is 0 Å². The molecule has 3 heteroatoms. The van der Waals surface area contributed by atoms with E-state index in [0.717, 1.165) is 85.9 Å². The molecule has 8 rings (SSSR count). The molecule has 0 unspecified atom stereocenters. The van der Waals surface area contributed by atoms with Gasteiger partial charge in [0.15, 0.2) is 0 Å². The van der Waals surface area contributed by atoms with E-state index in [1.807, 2.05) is 82.4 Å². The number of para-hydroxylation sites is 1. The summed E-state index contributed by atoms with van der Waals surface area (Å²) >= 11 is 1.85. The van der Waals surface area contributed by atoms with Crippen LogP contribution in [0.25, 0.3) is 66.7 Å². The molecule has 0 saturated heterocycles. The molecular formula is C61H60N2S. The van der Waals surface area contributed by atoms with Gasteiger partial charge < -0.3 is 9.80 Å². The minimum atomic E-state index is 0.859. The van der Waals surface area contributed by atoms with Crippen molar-refractivity contribution in [2.45, 2.75) is 47.5 Å². The van der Waals surface area contributed by atoms with Crippen molar-refractivity contribution in [1.29, 1.82) is 0 Å². The second-order valence-electron chi connectivity index (χ2n) is 14.6. The van der Waals surface area contributed by atoms with Crippen molar-refractivity contribution >= 4 is 78.6 Å². The second kappa shape index (κ2) is 22.2. The quantitative estimate of drug-likeness (QED) is 0.101. The maximum Gasteiger partial charge on any atom is 0.0546 e. The molecule has 0 saturated carbocycles. The first kappa shape index (κ1) is 46.3. The third-order valence-electron chi connectivity index (χ3n) is 11.0. The fourth-order valence-corrected chi connectivity index (χ4v) is 9.43. The molecule has 64 heavy (non-hydrogen) atoms. The van der Waals surface area contributed by atoms with Gasteiger partial charge in [0.2, 0.25) is 0 Å². The number of fused-ring (bicyclic) bond motifs is 3. The van der Waals surface area contributed by atoms with Gasteiger partial charge in [-0.15, -0.1) is 11.3 Å². The van der Waals surface area contributed by atoms with Crippen molar-refractivity contribution in [3.8, 4) is 22.3 Å². The maximum atomic E-state index is 4.33. The number of allylic oxidation sites excluding steroid dienone is 7. The minimum Gasteiger partial charge on any atom is -0.311 e. The minimum absolute atomic E-state index is 0.859. The zero-order valence-electron chi connectivity index (χ0n) is 38.2. The standard InChI is InChI=1S/C57H48N2S.2C2H6/c1-7-22-43-37-55(52(12-6)51(11-5)50(43)10-4)59(45(9-3)23-8-2)49-36-44(35-48(39-49)58(46-26-15-13-16-27-46)47-28-17-14-18-29-47)41-25-21-24-40(34-41)42-32-33-54-53-30-19-20-31-56(53)60-57(54)38-42;2*1-2/h7-13,15-17,19-39H,2-6,14,18H2,1H3;2*1-2H3/b22-7-,45-23+;;. The molecule has 1 aliphatic rings. The summed E-state index contributed by atoms with van der Waals surface area (Å²) in [4.78, 5) is 4.62. The van der Waals surface area contributed by atoms with E-state index in [0.29, 0.717) is 0 Å². The fourth-order valence-electron chi connectivity index (χ4n) is 8.28. The summed E-state index contributed by atoms with van der Waals surface area (Å²) in [5.41, 5.74) is 14.4. The molecule has 0 spiro atoms. The highest BCUT2D eigenvalue weighted by Gasteiger charge is 2.24. The van der Waals surface area contributed by atoms with E-state index in [-0.39, 0.29) is 0 Å². The van der Waals surface area contributed by atoms with Crippen LogP contribution in [-0.4, -0.2) is 0 Å².